The topological polar surface area (TPSA) is 52.9 Å². The first-order valence-corrected chi connectivity index (χ1v) is 6.59. The molecule has 0 aliphatic carbocycles. The number of rotatable bonds is 4. The second-order valence-electron chi connectivity index (χ2n) is 2.95. The molecule has 0 fully saturated rings. The predicted octanol–water partition coefficient (Wildman–Crippen LogP) is 2.78. The summed E-state index contributed by atoms with van der Waals surface area (Å²) in [6, 6.07) is 9.11. The van der Waals surface area contributed by atoms with Gasteiger partial charge < -0.3 is 5.32 Å². The van der Waals surface area contributed by atoms with Gasteiger partial charge in [-0.25, -0.2) is 0 Å². The van der Waals surface area contributed by atoms with Crippen molar-refractivity contribution in [2.45, 2.75) is 12.3 Å². The van der Waals surface area contributed by atoms with Gasteiger partial charge >= 0.3 is 0 Å². The van der Waals surface area contributed by atoms with Crippen molar-refractivity contribution in [1.29, 1.82) is 5.26 Å². The minimum absolute atomic E-state index is 0.228. The molecule has 1 unspecified atom stereocenters. The molecule has 1 aromatic rings. The summed E-state index contributed by atoms with van der Waals surface area (Å²) in [6.07, 6.45) is 0. The molecule has 0 saturated carbocycles. The van der Waals surface area contributed by atoms with Crippen LogP contribution in [0.4, 0.5) is 0 Å². The van der Waals surface area contributed by atoms with Crippen LogP contribution in [-0.4, -0.2) is 17.0 Å². The van der Waals surface area contributed by atoms with Crippen LogP contribution in [0.15, 0.2) is 28.7 Å². The van der Waals surface area contributed by atoms with Crippen molar-refractivity contribution in [2.75, 3.05) is 5.75 Å². The van der Waals surface area contributed by atoms with E-state index in [9.17, 15) is 4.79 Å². The van der Waals surface area contributed by atoms with E-state index in [2.05, 4.69) is 21.2 Å². The maximum absolute atomic E-state index is 11.7. The molecule has 16 heavy (non-hydrogen) atoms. The number of benzene rings is 1. The molecular formula is C11H11BrN2OS. The third-order valence-corrected chi connectivity index (χ3v) is 3.18. The number of nitrogens with zero attached hydrogens (tertiary/aromatic N) is 1. The first kappa shape index (κ1) is 13.1. The zero-order valence-electron chi connectivity index (χ0n) is 8.74. The molecule has 0 saturated heterocycles. The largest absolute Gasteiger partial charge is 0.328 e. The highest BCUT2D eigenvalue weighted by Crippen LogP contribution is 2.13. The molecule has 5 heteroatoms. The standard InChI is InChI=1S/C11H11BrN2OS/c1-2-16-10(7-13)14-11(15)8-4-3-5-9(12)6-8/h3-6,10H,2H2,1H3,(H,14,15). The average Bonchev–Trinajstić information content (AvgIpc) is 2.28. The molecule has 0 aliphatic heterocycles. The Morgan fingerprint density at radius 3 is 3.00 bits per heavy atom. The van der Waals surface area contributed by atoms with E-state index in [-0.39, 0.29) is 5.91 Å². The summed E-state index contributed by atoms with van der Waals surface area (Å²) >= 11 is 4.69. The number of halogens is 1. The number of amides is 1. The van der Waals surface area contributed by atoms with Crippen LogP contribution in [0.25, 0.3) is 0 Å². The van der Waals surface area contributed by atoms with Crippen LogP contribution >= 0.6 is 27.7 Å². The number of hydrogen-bond donors (Lipinski definition) is 1. The van der Waals surface area contributed by atoms with Crippen molar-refractivity contribution >= 4 is 33.6 Å². The number of nitriles is 1. The molecule has 0 aromatic heterocycles. The van der Waals surface area contributed by atoms with Gasteiger partial charge in [-0.2, -0.15) is 5.26 Å². The van der Waals surface area contributed by atoms with Gasteiger partial charge in [-0.1, -0.05) is 28.9 Å². The van der Waals surface area contributed by atoms with E-state index in [0.29, 0.717) is 5.56 Å². The molecule has 0 aliphatic rings. The lowest BCUT2D eigenvalue weighted by molar-refractivity contribution is 0.0955. The third kappa shape index (κ3) is 3.87. The number of carbonyl (C=O) groups excluding carboxylic acids is 1. The molecule has 1 N–H and O–H groups in total. The minimum Gasteiger partial charge on any atom is -0.328 e. The quantitative estimate of drug-likeness (QED) is 0.870. The Labute approximate surface area is 107 Å². The molecule has 1 amide bonds. The van der Waals surface area contributed by atoms with Gasteiger partial charge in [0.15, 0.2) is 5.37 Å². The van der Waals surface area contributed by atoms with E-state index in [1.54, 1.807) is 18.2 Å². The number of thioether (sulfide) groups is 1. The lowest BCUT2D eigenvalue weighted by Crippen LogP contribution is -2.31. The second-order valence-corrected chi connectivity index (χ2v) is 5.25. The van der Waals surface area contributed by atoms with Crippen LogP contribution in [0.2, 0.25) is 0 Å². The Hall–Kier alpha value is -0.990. The summed E-state index contributed by atoms with van der Waals surface area (Å²) in [5.41, 5.74) is 0.548. The summed E-state index contributed by atoms with van der Waals surface area (Å²) < 4.78 is 0.844. The number of nitrogens with one attached hydrogen (secondary N) is 1. The van der Waals surface area contributed by atoms with Gasteiger partial charge in [-0.15, -0.1) is 11.8 Å². The van der Waals surface area contributed by atoms with Crippen LogP contribution in [0.1, 0.15) is 17.3 Å². The number of carbonyl (C=O) groups is 1. The average molecular weight is 299 g/mol. The molecule has 3 nitrogen and oxygen atoms in total. The van der Waals surface area contributed by atoms with E-state index < -0.39 is 5.37 Å². The Bertz CT molecular complexity index is 417. The maximum atomic E-state index is 11.7. The Morgan fingerprint density at radius 1 is 1.69 bits per heavy atom. The van der Waals surface area contributed by atoms with Gasteiger partial charge in [-0.3, -0.25) is 4.79 Å². The van der Waals surface area contributed by atoms with Gasteiger partial charge in [0.05, 0.1) is 6.07 Å². The Balaban J connectivity index is 2.69. The fourth-order valence-electron chi connectivity index (χ4n) is 1.11. The SMILES string of the molecule is CCSC(C#N)NC(=O)c1cccc(Br)c1. The molecule has 1 rings (SSSR count). The lowest BCUT2D eigenvalue weighted by atomic mass is 10.2. The highest BCUT2D eigenvalue weighted by molar-refractivity contribution is 9.10. The van der Waals surface area contributed by atoms with Crippen LogP contribution in [0.3, 0.4) is 0 Å². The van der Waals surface area contributed by atoms with Crippen LogP contribution in [0, 0.1) is 11.3 Å². The van der Waals surface area contributed by atoms with E-state index in [1.807, 2.05) is 19.1 Å². The van der Waals surface area contributed by atoms with Crippen molar-refractivity contribution in [1.82, 2.24) is 5.32 Å². The summed E-state index contributed by atoms with van der Waals surface area (Å²) in [7, 11) is 0. The van der Waals surface area contributed by atoms with Crippen LogP contribution < -0.4 is 5.32 Å². The molecule has 1 aromatic carbocycles. The van der Waals surface area contributed by atoms with Crippen molar-refractivity contribution in [3.05, 3.63) is 34.3 Å². The first-order chi connectivity index (χ1) is 7.67. The van der Waals surface area contributed by atoms with E-state index >= 15 is 0 Å². The molecule has 0 radical (unpaired) electrons. The van der Waals surface area contributed by atoms with Gasteiger partial charge in [-0.05, 0) is 24.0 Å². The second kappa shape index (κ2) is 6.56. The van der Waals surface area contributed by atoms with Gasteiger partial charge in [0.2, 0.25) is 0 Å². The summed E-state index contributed by atoms with van der Waals surface area (Å²) in [4.78, 5) is 11.7. The summed E-state index contributed by atoms with van der Waals surface area (Å²) in [5, 5.41) is 11.0. The molecule has 0 spiro atoms. The maximum Gasteiger partial charge on any atom is 0.252 e. The smallest absolute Gasteiger partial charge is 0.252 e. The highest BCUT2D eigenvalue weighted by Gasteiger charge is 2.12. The van der Waals surface area contributed by atoms with Gasteiger partial charge in [0, 0.05) is 10.0 Å². The molecule has 1 atom stereocenters. The molecule has 0 bridgehead atoms. The zero-order valence-corrected chi connectivity index (χ0v) is 11.1. The Kier molecular flexibility index (Phi) is 5.36. The Morgan fingerprint density at radius 2 is 2.44 bits per heavy atom. The predicted molar refractivity (Wildman–Crippen MR) is 69.1 cm³/mol. The fourth-order valence-corrected chi connectivity index (χ4v) is 2.11. The van der Waals surface area contributed by atoms with Crippen molar-refractivity contribution in [2.24, 2.45) is 0 Å². The van der Waals surface area contributed by atoms with Crippen molar-refractivity contribution in [3.63, 3.8) is 0 Å². The minimum atomic E-state index is -0.489. The normalized spacial score (nSPS) is 11.6. The van der Waals surface area contributed by atoms with Gasteiger partial charge in [0.1, 0.15) is 0 Å². The van der Waals surface area contributed by atoms with Crippen LogP contribution in [-0.2, 0) is 0 Å². The van der Waals surface area contributed by atoms with E-state index in [1.165, 1.54) is 11.8 Å². The number of hydrogen-bond acceptors (Lipinski definition) is 3. The van der Waals surface area contributed by atoms with E-state index in [4.69, 9.17) is 5.26 Å². The van der Waals surface area contributed by atoms with Gasteiger partial charge in [0.25, 0.3) is 5.91 Å². The zero-order chi connectivity index (χ0) is 12.0. The first-order valence-electron chi connectivity index (χ1n) is 4.75. The monoisotopic (exact) mass is 298 g/mol. The lowest BCUT2D eigenvalue weighted by Gasteiger charge is -2.10. The van der Waals surface area contributed by atoms with E-state index in [0.717, 1.165) is 10.2 Å². The fraction of sp³-hybridized carbons (Fsp3) is 0.273. The summed E-state index contributed by atoms with van der Waals surface area (Å²) in [6.45, 7) is 1.94. The van der Waals surface area contributed by atoms with Crippen LogP contribution in [0.5, 0.6) is 0 Å². The van der Waals surface area contributed by atoms with Crippen molar-refractivity contribution in [3.8, 4) is 6.07 Å². The molecular weight excluding hydrogens is 288 g/mol. The summed E-state index contributed by atoms with van der Waals surface area (Å²) in [5.74, 6) is 0.561. The van der Waals surface area contributed by atoms with Crippen molar-refractivity contribution < 1.29 is 4.79 Å². The molecule has 0 heterocycles. The third-order valence-electron chi connectivity index (χ3n) is 1.80. The highest BCUT2D eigenvalue weighted by atomic mass is 79.9. The molecule has 84 valence electrons.